The summed E-state index contributed by atoms with van der Waals surface area (Å²) in [4.78, 5) is 25.8. The van der Waals surface area contributed by atoms with E-state index in [1.807, 2.05) is 0 Å². The quantitative estimate of drug-likeness (QED) is 0.688. The van der Waals surface area contributed by atoms with E-state index in [2.05, 4.69) is 10.4 Å². The van der Waals surface area contributed by atoms with Gasteiger partial charge in [0.25, 0.3) is 5.91 Å². The van der Waals surface area contributed by atoms with Crippen molar-refractivity contribution in [3.63, 3.8) is 0 Å². The van der Waals surface area contributed by atoms with Crippen LogP contribution >= 0.6 is 0 Å². The number of rotatable bonds is 6. The van der Waals surface area contributed by atoms with Gasteiger partial charge in [-0.15, -0.1) is 0 Å². The van der Waals surface area contributed by atoms with E-state index < -0.39 is 23.7 Å². The number of esters is 1. The molecule has 0 saturated heterocycles. The van der Waals surface area contributed by atoms with Crippen molar-refractivity contribution in [2.75, 3.05) is 32.1 Å². The van der Waals surface area contributed by atoms with E-state index in [0.29, 0.717) is 5.69 Å². The van der Waals surface area contributed by atoms with Gasteiger partial charge >= 0.3 is 12.1 Å². The molecular weight excluding hydrogens is 405 g/mol. The van der Waals surface area contributed by atoms with Gasteiger partial charge in [0.15, 0.2) is 0 Å². The Morgan fingerprint density at radius 1 is 1.30 bits per heavy atom. The summed E-state index contributed by atoms with van der Waals surface area (Å²) in [7, 11) is 1.19. The summed E-state index contributed by atoms with van der Waals surface area (Å²) in [6.45, 7) is 1.22. The fourth-order valence-electron chi connectivity index (χ4n) is 3.08. The summed E-state index contributed by atoms with van der Waals surface area (Å²) in [5, 5.41) is 15.8. The number of nitrogens with one attached hydrogen (secondary N) is 1. The van der Waals surface area contributed by atoms with Gasteiger partial charge in [0, 0.05) is 12.2 Å². The fraction of sp³-hybridized carbons (Fsp3) is 0.316. The van der Waals surface area contributed by atoms with Crippen LogP contribution in [0.15, 0.2) is 41.6 Å². The number of nitrogens with zero attached hydrogens (tertiary/aromatic N) is 3. The number of methoxy groups -OCH3 is 1. The highest BCUT2D eigenvalue weighted by molar-refractivity contribution is 6.08. The van der Waals surface area contributed by atoms with E-state index >= 15 is 0 Å². The molecule has 0 aliphatic carbocycles. The number of hydrogen-bond acceptors (Lipinski definition) is 6. The molecule has 2 N–H and O–H groups in total. The number of carbonyl (C=O) groups excluding carboxylic acids is 2. The number of hydrogen-bond donors (Lipinski definition) is 2. The minimum absolute atomic E-state index is 0.00559. The maximum absolute atomic E-state index is 13.2. The van der Waals surface area contributed by atoms with Gasteiger partial charge in [-0.25, -0.2) is 9.48 Å². The Labute approximate surface area is 169 Å². The summed E-state index contributed by atoms with van der Waals surface area (Å²) in [6.07, 6.45) is -4.56. The monoisotopic (exact) mass is 424 g/mol. The summed E-state index contributed by atoms with van der Waals surface area (Å²) < 4.78 is 45.1. The molecule has 11 heteroatoms. The zero-order valence-electron chi connectivity index (χ0n) is 16.2. The third-order valence-corrected chi connectivity index (χ3v) is 4.46. The molecule has 8 nitrogen and oxygen atoms in total. The molecule has 0 spiro atoms. The lowest BCUT2D eigenvalue weighted by Crippen LogP contribution is -2.31. The van der Waals surface area contributed by atoms with Crippen LogP contribution in [0.2, 0.25) is 0 Å². The summed E-state index contributed by atoms with van der Waals surface area (Å²) >= 11 is 0. The first-order chi connectivity index (χ1) is 14.2. The van der Waals surface area contributed by atoms with Crippen LogP contribution in [-0.4, -0.2) is 58.5 Å². The van der Waals surface area contributed by atoms with Gasteiger partial charge < -0.3 is 20.1 Å². The number of alkyl halides is 3. The van der Waals surface area contributed by atoms with Crippen LogP contribution < -0.4 is 5.32 Å². The van der Waals surface area contributed by atoms with Gasteiger partial charge in [0.05, 0.1) is 37.2 Å². The zero-order chi connectivity index (χ0) is 22.1. The van der Waals surface area contributed by atoms with Crippen LogP contribution in [0.25, 0.3) is 5.69 Å². The predicted molar refractivity (Wildman–Crippen MR) is 99.6 cm³/mol. The Kier molecular flexibility index (Phi) is 5.83. The van der Waals surface area contributed by atoms with Crippen LogP contribution in [0.3, 0.4) is 0 Å². The number of benzene rings is 1. The van der Waals surface area contributed by atoms with Gasteiger partial charge in [-0.05, 0) is 37.3 Å². The van der Waals surface area contributed by atoms with Crippen molar-refractivity contribution in [2.45, 2.75) is 13.1 Å². The molecule has 30 heavy (non-hydrogen) atoms. The molecule has 1 amide bonds. The molecule has 1 aromatic heterocycles. The second-order valence-corrected chi connectivity index (χ2v) is 6.55. The molecule has 1 aromatic carbocycles. The van der Waals surface area contributed by atoms with Crippen molar-refractivity contribution in [1.29, 1.82) is 0 Å². The van der Waals surface area contributed by atoms with E-state index in [4.69, 9.17) is 9.84 Å². The average Bonchev–Trinajstić information content (AvgIpc) is 3.24. The number of ether oxygens (including phenoxy) is 1. The van der Waals surface area contributed by atoms with Gasteiger partial charge in [0.1, 0.15) is 11.4 Å². The first-order valence-electron chi connectivity index (χ1n) is 8.88. The molecule has 2 aromatic rings. The first-order valence-corrected chi connectivity index (χ1v) is 8.88. The van der Waals surface area contributed by atoms with Crippen molar-refractivity contribution in [3.05, 3.63) is 53.0 Å². The zero-order valence-corrected chi connectivity index (χ0v) is 16.2. The number of anilines is 1. The Morgan fingerprint density at radius 3 is 2.53 bits per heavy atom. The van der Waals surface area contributed by atoms with Gasteiger partial charge in [-0.1, -0.05) is 0 Å². The molecule has 0 unspecified atom stereocenters. The number of carbonyl (C=O) groups is 2. The second-order valence-electron chi connectivity index (χ2n) is 6.55. The molecule has 0 atom stereocenters. The number of β-amino-alcohol motifs (C(OH)–C–C–N with tert-alkyl or cyclic N) is 1. The Hall–Kier alpha value is -3.34. The molecule has 0 radical (unpaired) electrons. The Morgan fingerprint density at radius 2 is 1.97 bits per heavy atom. The summed E-state index contributed by atoms with van der Waals surface area (Å²) in [6, 6.07) is 6.71. The second kappa shape index (κ2) is 8.19. The molecule has 3 rings (SSSR count). The minimum Gasteiger partial charge on any atom is -0.466 e. The van der Waals surface area contributed by atoms with Crippen molar-refractivity contribution >= 4 is 17.6 Å². The van der Waals surface area contributed by atoms with Crippen LogP contribution in [0.1, 0.15) is 11.4 Å². The highest BCUT2D eigenvalue weighted by Crippen LogP contribution is 2.32. The number of aromatic nitrogens is 2. The molecular formula is C19H19F3N4O4. The van der Waals surface area contributed by atoms with Gasteiger partial charge in [0.2, 0.25) is 0 Å². The maximum Gasteiger partial charge on any atom is 0.433 e. The first kappa shape index (κ1) is 21.4. The van der Waals surface area contributed by atoms with E-state index in [9.17, 15) is 22.8 Å². The number of aliphatic hydroxyl groups is 1. The third kappa shape index (κ3) is 4.15. The molecule has 160 valence electrons. The Balaban J connectivity index is 1.88. The van der Waals surface area contributed by atoms with Gasteiger partial charge in [-0.2, -0.15) is 18.3 Å². The Bertz CT molecular complexity index is 996. The van der Waals surface area contributed by atoms with Crippen LogP contribution in [0.4, 0.5) is 18.9 Å². The van der Waals surface area contributed by atoms with E-state index in [1.165, 1.54) is 43.2 Å². The lowest BCUT2D eigenvalue weighted by molar-refractivity contribution is -0.142. The summed E-state index contributed by atoms with van der Waals surface area (Å²) in [5.74, 6) is -1.18. The topological polar surface area (TPSA) is 96.7 Å². The van der Waals surface area contributed by atoms with E-state index in [-0.39, 0.29) is 42.3 Å². The fourth-order valence-corrected chi connectivity index (χ4v) is 3.08. The SMILES string of the molecule is COC(=O)C1=C(Nc2ccc(-n3nc(C)cc3C(F)(F)F)cc2)C(=O)N(CCO)C1. The van der Waals surface area contributed by atoms with Crippen LogP contribution in [0, 0.1) is 6.92 Å². The molecule has 1 aliphatic heterocycles. The van der Waals surface area contributed by atoms with Crippen molar-refractivity contribution in [1.82, 2.24) is 14.7 Å². The normalized spacial score (nSPS) is 14.5. The standard InChI is InChI=1S/C19H19F3N4O4/c1-11-9-15(19(20,21)22)26(24-11)13-5-3-12(4-6-13)23-16-14(18(29)30-2)10-25(7-8-27)17(16)28/h3-6,9,23,27H,7-8,10H2,1-2H3. The number of amides is 1. The highest BCUT2D eigenvalue weighted by Gasteiger charge is 2.36. The molecule has 0 fully saturated rings. The third-order valence-electron chi connectivity index (χ3n) is 4.46. The molecule has 2 heterocycles. The minimum atomic E-state index is -4.56. The number of halogens is 3. The number of aliphatic hydroxyl groups excluding tert-OH is 1. The summed E-state index contributed by atoms with van der Waals surface area (Å²) in [5.41, 5.74) is -0.0226. The van der Waals surface area contributed by atoms with Crippen LogP contribution in [-0.2, 0) is 20.5 Å². The van der Waals surface area contributed by atoms with Gasteiger partial charge in [-0.3, -0.25) is 4.79 Å². The van der Waals surface area contributed by atoms with Crippen molar-refractivity contribution in [3.8, 4) is 5.69 Å². The molecule has 1 aliphatic rings. The van der Waals surface area contributed by atoms with E-state index in [0.717, 1.165) is 10.7 Å². The predicted octanol–water partition coefficient (Wildman–Crippen LogP) is 1.87. The van der Waals surface area contributed by atoms with E-state index in [1.54, 1.807) is 0 Å². The lowest BCUT2D eigenvalue weighted by atomic mass is 10.2. The maximum atomic E-state index is 13.2. The average molecular weight is 424 g/mol. The van der Waals surface area contributed by atoms with Crippen molar-refractivity contribution < 1.29 is 32.6 Å². The largest absolute Gasteiger partial charge is 0.466 e. The smallest absolute Gasteiger partial charge is 0.433 e. The lowest BCUT2D eigenvalue weighted by Gasteiger charge is -2.15. The van der Waals surface area contributed by atoms with Crippen molar-refractivity contribution in [2.24, 2.45) is 0 Å². The van der Waals surface area contributed by atoms with Crippen LogP contribution in [0.5, 0.6) is 0 Å². The molecule has 0 saturated carbocycles. The highest BCUT2D eigenvalue weighted by atomic mass is 19.4. The number of aryl methyl sites for hydroxylation is 1. The molecule has 0 bridgehead atoms.